The quantitative estimate of drug-likeness (QED) is 0.385. The summed E-state index contributed by atoms with van der Waals surface area (Å²) in [6.45, 7) is 0.350. The largest absolute Gasteiger partial charge is 0.496 e. The number of methoxy groups -OCH3 is 1. The van der Waals surface area contributed by atoms with Crippen molar-refractivity contribution in [2.24, 2.45) is 10.9 Å². The van der Waals surface area contributed by atoms with Gasteiger partial charge < -0.3 is 20.4 Å². The van der Waals surface area contributed by atoms with Gasteiger partial charge in [-0.1, -0.05) is 35.0 Å². The molecule has 21 heavy (non-hydrogen) atoms. The number of hydrogen-bond donors (Lipinski definition) is 2. The van der Waals surface area contributed by atoms with E-state index in [9.17, 15) is 0 Å². The Hall–Kier alpha value is -2.40. The zero-order valence-electron chi connectivity index (χ0n) is 11.4. The molecule has 2 rings (SSSR count). The van der Waals surface area contributed by atoms with Crippen molar-refractivity contribution < 1.29 is 14.7 Å². The van der Waals surface area contributed by atoms with E-state index in [0.717, 1.165) is 11.3 Å². The maximum Gasteiger partial charge on any atom is 0.171 e. The maximum absolute atomic E-state index is 8.65. The summed E-state index contributed by atoms with van der Waals surface area (Å²) in [5.74, 6) is 1.30. The van der Waals surface area contributed by atoms with Crippen molar-refractivity contribution in [3.8, 4) is 11.5 Å². The van der Waals surface area contributed by atoms with E-state index in [4.69, 9.17) is 32.0 Å². The lowest BCUT2D eigenvalue weighted by Gasteiger charge is -2.11. The van der Waals surface area contributed by atoms with Crippen molar-refractivity contribution in [2.75, 3.05) is 7.11 Å². The minimum absolute atomic E-state index is 0.0451. The van der Waals surface area contributed by atoms with Crippen LogP contribution in [0, 0.1) is 0 Å². The normalized spacial score (nSPS) is 11.2. The van der Waals surface area contributed by atoms with Gasteiger partial charge in [0.1, 0.15) is 18.1 Å². The Morgan fingerprint density at radius 2 is 2.05 bits per heavy atom. The second kappa shape index (κ2) is 6.85. The van der Waals surface area contributed by atoms with Crippen molar-refractivity contribution in [3.63, 3.8) is 0 Å². The zero-order valence-corrected chi connectivity index (χ0v) is 12.2. The topological polar surface area (TPSA) is 77.1 Å². The number of para-hydroxylation sites is 1. The molecule has 2 aromatic carbocycles. The van der Waals surface area contributed by atoms with Gasteiger partial charge in [-0.3, -0.25) is 0 Å². The first-order chi connectivity index (χ1) is 10.2. The van der Waals surface area contributed by atoms with Gasteiger partial charge in [0.15, 0.2) is 5.84 Å². The van der Waals surface area contributed by atoms with Crippen LogP contribution in [0.5, 0.6) is 11.5 Å². The van der Waals surface area contributed by atoms with E-state index in [-0.39, 0.29) is 5.84 Å². The number of halogens is 1. The van der Waals surface area contributed by atoms with E-state index in [0.29, 0.717) is 22.9 Å². The van der Waals surface area contributed by atoms with Gasteiger partial charge in [-0.2, -0.15) is 0 Å². The zero-order chi connectivity index (χ0) is 15.2. The predicted octanol–water partition coefficient (Wildman–Crippen LogP) is 3.02. The van der Waals surface area contributed by atoms with Crippen LogP contribution in [0.3, 0.4) is 0 Å². The molecule has 0 heterocycles. The molecule has 0 aliphatic heterocycles. The Kier molecular flexibility index (Phi) is 4.90. The van der Waals surface area contributed by atoms with Gasteiger partial charge in [0, 0.05) is 11.1 Å². The third-order valence-electron chi connectivity index (χ3n) is 2.91. The highest BCUT2D eigenvalue weighted by atomic mass is 35.5. The van der Waals surface area contributed by atoms with Crippen molar-refractivity contribution >= 4 is 17.4 Å². The van der Waals surface area contributed by atoms with Gasteiger partial charge in [-0.05, 0) is 24.3 Å². The summed E-state index contributed by atoms with van der Waals surface area (Å²) in [6.07, 6.45) is 0. The molecule has 0 saturated heterocycles. The van der Waals surface area contributed by atoms with E-state index < -0.39 is 0 Å². The van der Waals surface area contributed by atoms with Crippen LogP contribution in [0.25, 0.3) is 0 Å². The Morgan fingerprint density at radius 1 is 1.29 bits per heavy atom. The van der Waals surface area contributed by atoms with Gasteiger partial charge in [0.25, 0.3) is 0 Å². The molecule has 0 aromatic heterocycles. The summed E-state index contributed by atoms with van der Waals surface area (Å²) < 4.78 is 10.9. The van der Waals surface area contributed by atoms with Gasteiger partial charge in [0.05, 0.1) is 12.1 Å². The van der Waals surface area contributed by atoms with Gasteiger partial charge >= 0.3 is 0 Å². The number of oxime groups is 1. The van der Waals surface area contributed by atoms with Crippen LogP contribution < -0.4 is 15.2 Å². The summed E-state index contributed by atoms with van der Waals surface area (Å²) in [5.41, 5.74) is 6.88. The highest BCUT2D eigenvalue weighted by Crippen LogP contribution is 2.25. The summed E-state index contributed by atoms with van der Waals surface area (Å²) in [4.78, 5) is 0. The molecule has 0 saturated carbocycles. The number of hydrogen-bond acceptors (Lipinski definition) is 4. The lowest BCUT2D eigenvalue weighted by atomic mass is 10.2. The summed E-state index contributed by atoms with van der Waals surface area (Å²) in [7, 11) is 1.61. The number of ether oxygens (including phenoxy) is 2. The third-order valence-corrected chi connectivity index (χ3v) is 3.22. The van der Waals surface area contributed by atoms with Crippen molar-refractivity contribution in [2.45, 2.75) is 6.61 Å². The molecular formula is C15H15ClN2O3. The molecule has 0 bridgehead atoms. The minimum atomic E-state index is -0.0451. The Morgan fingerprint density at radius 3 is 2.71 bits per heavy atom. The van der Waals surface area contributed by atoms with E-state index >= 15 is 0 Å². The first kappa shape index (κ1) is 15.0. The summed E-state index contributed by atoms with van der Waals surface area (Å²) in [5, 5.41) is 11.9. The lowest BCUT2D eigenvalue weighted by molar-refractivity contribution is 0.296. The first-order valence-electron chi connectivity index (χ1n) is 6.18. The van der Waals surface area contributed by atoms with Gasteiger partial charge in [0.2, 0.25) is 0 Å². The molecule has 2 aromatic rings. The maximum atomic E-state index is 8.65. The molecule has 3 N–H and O–H groups in total. The average molecular weight is 307 g/mol. The van der Waals surface area contributed by atoms with E-state index in [1.54, 1.807) is 25.3 Å². The van der Waals surface area contributed by atoms with Crippen molar-refractivity contribution in [1.29, 1.82) is 0 Å². The predicted molar refractivity (Wildman–Crippen MR) is 81.3 cm³/mol. The molecule has 0 spiro atoms. The first-order valence-corrected chi connectivity index (χ1v) is 6.55. The third kappa shape index (κ3) is 3.58. The standard InChI is InChI=1S/C15H15ClN2O3/c1-20-14-5-3-2-4-10(14)9-21-11-6-7-12(13(16)8-11)15(17)18-19/h2-8,19H,9H2,1H3,(H2,17,18). The second-order valence-corrected chi connectivity index (χ2v) is 4.63. The molecule has 0 aliphatic carbocycles. The molecule has 0 aliphatic rings. The number of amidine groups is 1. The molecule has 0 fully saturated rings. The molecule has 0 amide bonds. The highest BCUT2D eigenvalue weighted by molar-refractivity contribution is 6.34. The smallest absolute Gasteiger partial charge is 0.171 e. The van der Waals surface area contributed by atoms with Crippen LogP contribution in [0.1, 0.15) is 11.1 Å². The second-order valence-electron chi connectivity index (χ2n) is 4.23. The monoisotopic (exact) mass is 306 g/mol. The molecule has 0 atom stereocenters. The fraction of sp³-hybridized carbons (Fsp3) is 0.133. The van der Waals surface area contributed by atoms with E-state index in [1.807, 2.05) is 24.3 Å². The fourth-order valence-electron chi connectivity index (χ4n) is 1.83. The highest BCUT2D eigenvalue weighted by Gasteiger charge is 2.08. The van der Waals surface area contributed by atoms with E-state index in [2.05, 4.69) is 5.16 Å². The molecular weight excluding hydrogens is 292 g/mol. The summed E-state index contributed by atoms with van der Waals surface area (Å²) in [6, 6.07) is 12.5. The number of nitrogens with zero attached hydrogens (tertiary/aromatic N) is 1. The van der Waals surface area contributed by atoms with Crippen LogP contribution in [0.4, 0.5) is 0 Å². The fourth-order valence-corrected chi connectivity index (χ4v) is 2.10. The Balaban J connectivity index is 2.12. The Labute approximate surface area is 127 Å². The number of rotatable bonds is 5. The molecule has 6 heteroatoms. The van der Waals surface area contributed by atoms with Crippen molar-refractivity contribution in [1.82, 2.24) is 0 Å². The number of nitrogens with two attached hydrogens (primary N) is 1. The van der Waals surface area contributed by atoms with Gasteiger partial charge in [-0.15, -0.1) is 0 Å². The molecule has 0 radical (unpaired) electrons. The van der Waals surface area contributed by atoms with Crippen LogP contribution in [0.15, 0.2) is 47.6 Å². The summed E-state index contributed by atoms with van der Waals surface area (Å²) >= 11 is 6.07. The molecule has 5 nitrogen and oxygen atoms in total. The molecule has 0 unspecified atom stereocenters. The van der Waals surface area contributed by atoms with Crippen LogP contribution in [-0.2, 0) is 6.61 Å². The Bertz CT molecular complexity index is 659. The lowest BCUT2D eigenvalue weighted by Crippen LogP contribution is -2.13. The van der Waals surface area contributed by atoms with Crippen molar-refractivity contribution in [3.05, 3.63) is 58.6 Å². The van der Waals surface area contributed by atoms with Crippen LogP contribution >= 0.6 is 11.6 Å². The van der Waals surface area contributed by atoms with Crippen LogP contribution in [-0.4, -0.2) is 18.2 Å². The molecule has 110 valence electrons. The average Bonchev–Trinajstić information content (AvgIpc) is 2.52. The minimum Gasteiger partial charge on any atom is -0.496 e. The van der Waals surface area contributed by atoms with Gasteiger partial charge in [-0.25, -0.2) is 0 Å². The van der Waals surface area contributed by atoms with E-state index in [1.165, 1.54) is 0 Å². The SMILES string of the molecule is COc1ccccc1COc1ccc(/C(N)=N/O)c(Cl)c1. The number of benzene rings is 2. The van der Waals surface area contributed by atoms with Crippen LogP contribution in [0.2, 0.25) is 5.02 Å².